The number of para-hydroxylation sites is 1. The smallest absolute Gasteiger partial charge is 0.312 e. The number of rotatable bonds is 5. The van der Waals surface area contributed by atoms with Crippen LogP contribution in [-0.2, 0) is 19.1 Å². The molecule has 2 fully saturated rings. The molecule has 6 heteroatoms. The molecule has 3 aliphatic rings. The first-order chi connectivity index (χ1) is 12.1. The Kier molecular flexibility index (Phi) is 4.08. The standard InChI is InChI=1S/C19H20ClNO4/c1-2-3-10-24-18(23)15-14-8-9-19(25-14)11-21(17(22)16(15)19)13-7-5-4-6-12(13)20/h4-9,14-16H,2-3,10-11H2,1H3/t14-,15-,16-,19-/m0/s1. The zero-order valence-electron chi connectivity index (χ0n) is 14.0. The summed E-state index contributed by atoms with van der Waals surface area (Å²) in [5, 5.41) is 0.507. The van der Waals surface area contributed by atoms with Crippen LogP contribution in [0.4, 0.5) is 5.69 Å². The van der Waals surface area contributed by atoms with Crippen molar-refractivity contribution in [1.29, 1.82) is 0 Å². The predicted octanol–water partition coefficient (Wildman–Crippen LogP) is 2.97. The molecule has 0 N–H and O–H groups in total. The molecule has 25 heavy (non-hydrogen) atoms. The number of halogens is 1. The van der Waals surface area contributed by atoms with Gasteiger partial charge in [0, 0.05) is 0 Å². The Morgan fingerprint density at radius 3 is 3.00 bits per heavy atom. The van der Waals surface area contributed by atoms with Crippen molar-refractivity contribution in [3.8, 4) is 0 Å². The van der Waals surface area contributed by atoms with Crippen molar-refractivity contribution >= 4 is 29.2 Å². The van der Waals surface area contributed by atoms with Crippen LogP contribution in [0.1, 0.15) is 19.8 Å². The van der Waals surface area contributed by atoms with Crippen molar-refractivity contribution in [1.82, 2.24) is 0 Å². The second-order valence-corrected chi connectivity index (χ2v) is 7.20. The summed E-state index contributed by atoms with van der Waals surface area (Å²) >= 11 is 6.26. The van der Waals surface area contributed by atoms with Gasteiger partial charge in [0.1, 0.15) is 11.5 Å². The fourth-order valence-corrected chi connectivity index (χ4v) is 4.29. The zero-order valence-corrected chi connectivity index (χ0v) is 14.7. The van der Waals surface area contributed by atoms with Crippen LogP contribution in [0.5, 0.6) is 0 Å². The van der Waals surface area contributed by atoms with E-state index < -0.39 is 17.4 Å². The Bertz CT molecular complexity index is 749. The molecule has 3 heterocycles. The Labute approximate surface area is 151 Å². The lowest BCUT2D eigenvalue weighted by atomic mass is 9.77. The van der Waals surface area contributed by atoms with Crippen LogP contribution in [0, 0.1) is 11.8 Å². The number of unbranched alkanes of at least 4 members (excludes halogenated alkanes) is 1. The fraction of sp³-hybridized carbons (Fsp3) is 0.474. The van der Waals surface area contributed by atoms with Crippen LogP contribution in [0.25, 0.3) is 0 Å². The van der Waals surface area contributed by atoms with Crippen molar-refractivity contribution in [3.63, 3.8) is 0 Å². The summed E-state index contributed by atoms with van der Waals surface area (Å²) in [6.07, 6.45) is 5.19. The predicted molar refractivity (Wildman–Crippen MR) is 93.4 cm³/mol. The molecule has 0 unspecified atom stereocenters. The number of hydrogen-bond donors (Lipinski definition) is 0. The van der Waals surface area contributed by atoms with Gasteiger partial charge in [0.05, 0.1) is 35.9 Å². The molecule has 132 valence electrons. The Morgan fingerprint density at radius 2 is 2.24 bits per heavy atom. The lowest BCUT2D eigenvalue weighted by Crippen LogP contribution is -2.40. The maximum Gasteiger partial charge on any atom is 0.312 e. The maximum atomic E-state index is 13.1. The van der Waals surface area contributed by atoms with Gasteiger partial charge in [-0.25, -0.2) is 0 Å². The molecule has 5 nitrogen and oxygen atoms in total. The number of amides is 1. The van der Waals surface area contributed by atoms with Crippen molar-refractivity contribution in [2.24, 2.45) is 11.8 Å². The zero-order chi connectivity index (χ0) is 17.6. The number of carbonyl (C=O) groups excluding carboxylic acids is 2. The highest BCUT2D eigenvalue weighted by Crippen LogP contribution is 2.53. The van der Waals surface area contributed by atoms with Gasteiger partial charge in [-0.3, -0.25) is 9.59 Å². The van der Waals surface area contributed by atoms with Crippen LogP contribution >= 0.6 is 11.6 Å². The Morgan fingerprint density at radius 1 is 1.44 bits per heavy atom. The number of hydrogen-bond acceptors (Lipinski definition) is 4. The summed E-state index contributed by atoms with van der Waals surface area (Å²) in [5.74, 6) is -1.60. The van der Waals surface area contributed by atoms with Crippen LogP contribution in [0.2, 0.25) is 5.02 Å². The van der Waals surface area contributed by atoms with Gasteiger partial charge in [-0.15, -0.1) is 0 Å². The average molecular weight is 362 g/mol. The topological polar surface area (TPSA) is 55.8 Å². The van der Waals surface area contributed by atoms with E-state index >= 15 is 0 Å². The highest BCUT2D eigenvalue weighted by molar-refractivity contribution is 6.34. The number of benzene rings is 1. The molecule has 2 saturated heterocycles. The highest BCUT2D eigenvalue weighted by Gasteiger charge is 2.67. The van der Waals surface area contributed by atoms with Gasteiger partial charge in [-0.05, 0) is 18.6 Å². The molecule has 1 aromatic carbocycles. The van der Waals surface area contributed by atoms with E-state index in [4.69, 9.17) is 21.1 Å². The number of anilines is 1. The van der Waals surface area contributed by atoms with Crippen LogP contribution in [0.3, 0.4) is 0 Å². The molecule has 4 atom stereocenters. The largest absolute Gasteiger partial charge is 0.465 e. The molecular weight excluding hydrogens is 342 g/mol. The fourth-order valence-electron chi connectivity index (χ4n) is 4.06. The summed E-state index contributed by atoms with van der Waals surface area (Å²) < 4.78 is 11.5. The Balaban J connectivity index is 1.61. The van der Waals surface area contributed by atoms with Crippen molar-refractivity contribution in [3.05, 3.63) is 41.4 Å². The average Bonchev–Trinajstić information content (AvgIpc) is 3.24. The van der Waals surface area contributed by atoms with E-state index in [1.807, 2.05) is 37.3 Å². The first-order valence-electron chi connectivity index (χ1n) is 8.67. The number of nitrogens with zero attached hydrogens (tertiary/aromatic N) is 1. The molecular formula is C19H20ClNO4. The van der Waals surface area contributed by atoms with Gasteiger partial charge < -0.3 is 14.4 Å². The molecule has 3 aliphatic heterocycles. The quantitative estimate of drug-likeness (QED) is 0.459. The maximum absolute atomic E-state index is 13.1. The number of carbonyl (C=O) groups is 2. The van der Waals surface area contributed by atoms with Crippen LogP contribution in [0.15, 0.2) is 36.4 Å². The van der Waals surface area contributed by atoms with Crippen molar-refractivity contribution in [2.75, 3.05) is 18.1 Å². The van der Waals surface area contributed by atoms with E-state index in [1.165, 1.54) is 0 Å². The molecule has 1 amide bonds. The molecule has 4 rings (SSSR count). The second-order valence-electron chi connectivity index (χ2n) is 6.80. The van der Waals surface area contributed by atoms with E-state index in [1.54, 1.807) is 11.0 Å². The summed E-state index contributed by atoms with van der Waals surface area (Å²) in [7, 11) is 0. The lowest BCUT2D eigenvalue weighted by Gasteiger charge is -2.22. The van der Waals surface area contributed by atoms with Gasteiger partial charge in [0.2, 0.25) is 5.91 Å². The third-order valence-corrected chi connectivity index (χ3v) is 5.58. The van der Waals surface area contributed by atoms with Crippen molar-refractivity contribution in [2.45, 2.75) is 31.5 Å². The summed E-state index contributed by atoms with van der Waals surface area (Å²) in [4.78, 5) is 27.3. The molecule has 1 spiro atoms. The molecule has 1 aromatic rings. The highest BCUT2D eigenvalue weighted by atomic mass is 35.5. The van der Waals surface area contributed by atoms with Gasteiger partial charge >= 0.3 is 5.97 Å². The normalized spacial score (nSPS) is 32.3. The third-order valence-electron chi connectivity index (χ3n) is 5.26. The first kappa shape index (κ1) is 16.6. The van der Waals surface area contributed by atoms with Crippen LogP contribution in [-0.4, -0.2) is 36.7 Å². The monoisotopic (exact) mass is 361 g/mol. The van der Waals surface area contributed by atoms with E-state index in [0.717, 1.165) is 12.8 Å². The third kappa shape index (κ3) is 2.49. The summed E-state index contributed by atoms with van der Waals surface area (Å²) in [6.45, 7) is 2.78. The van der Waals surface area contributed by atoms with Gasteiger partial charge in [-0.1, -0.05) is 49.2 Å². The minimum absolute atomic E-state index is 0.127. The minimum atomic E-state index is -0.755. The first-order valence-corrected chi connectivity index (χ1v) is 9.05. The molecule has 2 bridgehead atoms. The van der Waals surface area contributed by atoms with Gasteiger partial charge in [0.15, 0.2) is 0 Å². The van der Waals surface area contributed by atoms with Gasteiger partial charge in [-0.2, -0.15) is 0 Å². The van der Waals surface area contributed by atoms with Gasteiger partial charge in [0.25, 0.3) is 0 Å². The second kappa shape index (κ2) is 6.15. The number of esters is 1. The SMILES string of the molecule is CCCCOC(=O)[C@H]1[C@@H]2C=C[C@@]3(CN(c4ccccc4Cl)C(=O)[C@H]13)O2. The van der Waals surface area contributed by atoms with E-state index in [2.05, 4.69) is 0 Å². The summed E-state index contributed by atoms with van der Waals surface area (Å²) in [6, 6.07) is 7.22. The Hall–Kier alpha value is -1.85. The molecule has 0 saturated carbocycles. The van der Waals surface area contributed by atoms with Crippen LogP contribution < -0.4 is 4.90 Å². The molecule has 0 aromatic heterocycles. The lowest BCUT2D eigenvalue weighted by molar-refractivity contribution is -0.152. The summed E-state index contributed by atoms with van der Waals surface area (Å²) in [5.41, 5.74) is -0.105. The van der Waals surface area contributed by atoms with Crippen molar-refractivity contribution < 1.29 is 19.1 Å². The number of ether oxygens (including phenoxy) is 2. The van der Waals surface area contributed by atoms with E-state index in [0.29, 0.717) is 23.9 Å². The molecule has 0 radical (unpaired) electrons. The van der Waals surface area contributed by atoms with E-state index in [9.17, 15) is 9.59 Å². The van der Waals surface area contributed by atoms with E-state index in [-0.39, 0.29) is 18.0 Å². The molecule has 0 aliphatic carbocycles. The number of fused-ring (bicyclic) bond motifs is 1. The minimum Gasteiger partial charge on any atom is -0.465 e.